The van der Waals surface area contributed by atoms with Gasteiger partial charge in [0.1, 0.15) is 5.75 Å². The van der Waals surface area contributed by atoms with Crippen molar-refractivity contribution in [1.29, 1.82) is 0 Å². The third-order valence-electron chi connectivity index (χ3n) is 3.39. The van der Waals surface area contributed by atoms with E-state index in [4.69, 9.17) is 10.6 Å². The lowest BCUT2D eigenvalue weighted by molar-refractivity contribution is 0.410. The van der Waals surface area contributed by atoms with E-state index >= 15 is 0 Å². The number of halogens is 1. The molecule has 2 rings (SSSR count). The van der Waals surface area contributed by atoms with Gasteiger partial charge in [-0.2, -0.15) is 0 Å². The average Bonchev–Trinajstić information content (AvgIpc) is 2.47. The quantitative estimate of drug-likeness (QED) is 0.649. The second kappa shape index (κ2) is 6.88. The summed E-state index contributed by atoms with van der Waals surface area (Å²) in [5.74, 6) is 6.60. The molecule has 0 saturated carbocycles. The Kier molecular flexibility index (Phi) is 5.17. The molecule has 0 amide bonds. The first-order valence-electron chi connectivity index (χ1n) is 6.49. The van der Waals surface area contributed by atoms with Gasteiger partial charge in [0.15, 0.2) is 0 Å². The predicted octanol–water partition coefficient (Wildman–Crippen LogP) is 3.51. The van der Waals surface area contributed by atoms with Gasteiger partial charge in [0.2, 0.25) is 0 Å². The molecule has 0 aliphatic carbocycles. The van der Waals surface area contributed by atoms with E-state index in [2.05, 4.69) is 45.6 Å². The first-order valence-corrected chi connectivity index (χ1v) is 7.28. The van der Waals surface area contributed by atoms with Crippen molar-refractivity contribution in [3.63, 3.8) is 0 Å². The number of hydrogen-bond acceptors (Lipinski definition) is 3. The minimum absolute atomic E-state index is 0.0608. The van der Waals surface area contributed by atoms with Gasteiger partial charge >= 0.3 is 0 Å². The fourth-order valence-corrected chi connectivity index (χ4v) is 2.45. The van der Waals surface area contributed by atoms with Gasteiger partial charge in [-0.15, -0.1) is 0 Å². The van der Waals surface area contributed by atoms with Crippen LogP contribution in [0.4, 0.5) is 0 Å². The maximum absolute atomic E-state index is 5.71. The molecule has 0 saturated heterocycles. The highest BCUT2D eigenvalue weighted by Crippen LogP contribution is 2.25. The highest BCUT2D eigenvalue weighted by atomic mass is 79.9. The summed E-state index contributed by atoms with van der Waals surface area (Å²) < 4.78 is 6.45. The van der Waals surface area contributed by atoms with Crippen LogP contribution in [-0.4, -0.2) is 7.11 Å². The van der Waals surface area contributed by atoms with Crippen LogP contribution < -0.4 is 16.0 Å². The van der Waals surface area contributed by atoms with Crippen LogP contribution in [0.5, 0.6) is 5.75 Å². The van der Waals surface area contributed by atoms with Crippen LogP contribution in [0.25, 0.3) is 0 Å². The van der Waals surface area contributed by atoms with Crippen LogP contribution in [-0.2, 0) is 6.42 Å². The highest BCUT2D eigenvalue weighted by molar-refractivity contribution is 9.10. The molecule has 0 aliphatic rings. The number of nitrogens with two attached hydrogens (primary N) is 1. The highest BCUT2D eigenvalue weighted by Gasteiger charge is 2.12. The van der Waals surface area contributed by atoms with Crippen LogP contribution in [0, 0.1) is 6.92 Å². The predicted molar refractivity (Wildman–Crippen MR) is 85.6 cm³/mol. The van der Waals surface area contributed by atoms with Gasteiger partial charge in [-0.25, -0.2) is 0 Å². The summed E-state index contributed by atoms with van der Waals surface area (Å²) in [5, 5.41) is 0. The summed E-state index contributed by atoms with van der Waals surface area (Å²) in [6, 6.07) is 14.5. The Balaban J connectivity index is 2.21. The van der Waals surface area contributed by atoms with Gasteiger partial charge in [0.25, 0.3) is 0 Å². The van der Waals surface area contributed by atoms with E-state index in [-0.39, 0.29) is 6.04 Å². The molecule has 3 nitrogen and oxygen atoms in total. The van der Waals surface area contributed by atoms with Gasteiger partial charge in [0.05, 0.1) is 13.2 Å². The second-order valence-corrected chi connectivity index (χ2v) is 5.69. The topological polar surface area (TPSA) is 47.3 Å². The molecule has 0 bridgehead atoms. The van der Waals surface area contributed by atoms with Crippen LogP contribution in [0.1, 0.15) is 22.7 Å². The molecule has 20 heavy (non-hydrogen) atoms. The minimum Gasteiger partial charge on any atom is -0.496 e. The first-order chi connectivity index (χ1) is 9.63. The fourth-order valence-electron chi connectivity index (χ4n) is 2.18. The largest absolute Gasteiger partial charge is 0.496 e. The Hall–Kier alpha value is -1.36. The minimum atomic E-state index is 0.0608. The monoisotopic (exact) mass is 334 g/mol. The van der Waals surface area contributed by atoms with Crippen molar-refractivity contribution in [2.75, 3.05) is 7.11 Å². The Morgan fingerprint density at radius 2 is 1.90 bits per heavy atom. The standard InChI is InChI=1S/C16H19BrN2O/c1-11-3-6-13(10-16(11)20-2)15(19-18)9-12-4-7-14(17)8-5-12/h3-8,10,15,19H,9,18H2,1-2H3. The van der Waals surface area contributed by atoms with Crippen LogP contribution in [0.3, 0.4) is 0 Å². The summed E-state index contributed by atoms with van der Waals surface area (Å²) in [7, 11) is 1.69. The fraction of sp³-hybridized carbons (Fsp3) is 0.250. The zero-order valence-electron chi connectivity index (χ0n) is 11.7. The number of ether oxygens (including phenoxy) is 1. The van der Waals surface area contributed by atoms with E-state index in [0.29, 0.717) is 0 Å². The van der Waals surface area contributed by atoms with Crippen molar-refractivity contribution in [3.8, 4) is 5.75 Å². The molecule has 2 aromatic carbocycles. The Bertz CT molecular complexity index is 569. The van der Waals surface area contributed by atoms with Gasteiger partial charge in [0, 0.05) is 4.47 Å². The molecule has 0 aromatic heterocycles. The summed E-state index contributed by atoms with van der Waals surface area (Å²) in [6.45, 7) is 2.03. The zero-order chi connectivity index (χ0) is 14.5. The number of aryl methyl sites for hydroxylation is 1. The molecule has 0 fully saturated rings. The number of benzene rings is 2. The third-order valence-corrected chi connectivity index (χ3v) is 3.92. The van der Waals surface area contributed by atoms with Crippen LogP contribution in [0.15, 0.2) is 46.9 Å². The van der Waals surface area contributed by atoms with Gasteiger partial charge in [-0.05, 0) is 48.2 Å². The average molecular weight is 335 g/mol. The molecule has 1 atom stereocenters. The Morgan fingerprint density at radius 3 is 2.50 bits per heavy atom. The number of rotatable bonds is 5. The smallest absolute Gasteiger partial charge is 0.122 e. The van der Waals surface area contributed by atoms with Crippen molar-refractivity contribution in [1.82, 2.24) is 5.43 Å². The van der Waals surface area contributed by atoms with E-state index in [9.17, 15) is 0 Å². The van der Waals surface area contributed by atoms with Crippen LogP contribution in [0.2, 0.25) is 0 Å². The molecule has 1 unspecified atom stereocenters. The van der Waals surface area contributed by atoms with E-state index in [1.165, 1.54) is 5.56 Å². The summed E-state index contributed by atoms with van der Waals surface area (Å²) in [5.41, 5.74) is 6.36. The summed E-state index contributed by atoms with van der Waals surface area (Å²) >= 11 is 3.44. The van der Waals surface area contributed by atoms with E-state index < -0.39 is 0 Å². The molecule has 0 spiro atoms. The Morgan fingerprint density at radius 1 is 1.20 bits per heavy atom. The van der Waals surface area contributed by atoms with Gasteiger partial charge < -0.3 is 4.74 Å². The lowest BCUT2D eigenvalue weighted by atomic mass is 9.98. The molecule has 0 heterocycles. The zero-order valence-corrected chi connectivity index (χ0v) is 13.3. The number of nitrogens with one attached hydrogen (secondary N) is 1. The molecule has 0 aliphatic heterocycles. The molecule has 3 N–H and O–H groups in total. The first kappa shape index (κ1) is 15.0. The lowest BCUT2D eigenvalue weighted by Gasteiger charge is -2.18. The van der Waals surface area contributed by atoms with Crippen molar-refractivity contribution in [2.24, 2.45) is 5.84 Å². The number of methoxy groups -OCH3 is 1. The summed E-state index contributed by atoms with van der Waals surface area (Å²) in [4.78, 5) is 0. The van der Waals surface area contributed by atoms with Crippen molar-refractivity contribution in [3.05, 3.63) is 63.6 Å². The molecular formula is C16H19BrN2O. The maximum atomic E-state index is 5.71. The molecule has 4 heteroatoms. The van der Waals surface area contributed by atoms with Crippen molar-refractivity contribution in [2.45, 2.75) is 19.4 Å². The third kappa shape index (κ3) is 3.60. The molecular weight excluding hydrogens is 316 g/mol. The maximum Gasteiger partial charge on any atom is 0.122 e. The number of hydrogen-bond donors (Lipinski definition) is 2. The Labute approximate surface area is 128 Å². The summed E-state index contributed by atoms with van der Waals surface area (Å²) in [6.07, 6.45) is 0.829. The second-order valence-electron chi connectivity index (χ2n) is 4.78. The SMILES string of the molecule is COc1cc(C(Cc2ccc(Br)cc2)NN)ccc1C. The van der Waals surface area contributed by atoms with Crippen molar-refractivity contribution < 1.29 is 4.74 Å². The lowest BCUT2D eigenvalue weighted by Crippen LogP contribution is -2.29. The van der Waals surface area contributed by atoms with Crippen molar-refractivity contribution >= 4 is 15.9 Å². The van der Waals surface area contributed by atoms with E-state index in [1.807, 2.05) is 25.1 Å². The molecule has 2 aromatic rings. The molecule has 106 valence electrons. The molecule has 0 radical (unpaired) electrons. The van der Waals surface area contributed by atoms with Gasteiger partial charge in [-0.1, -0.05) is 40.2 Å². The van der Waals surface area contributed by atoms with Crippen LogP contribution >= 0.6 is 15.9 Å². The normalized spacial score (nSPS) is 12.2. The van der Waals surface area contributed by atoms with E-state index in [0.717, 1.165) is 27.8 Å². The van der Waals surface area contributed by atoms with Gasteiger partial charge in [-0.3, -0.25) is 11.3 Å². The number of hydrazine groups is 1. The van der Waals surface area contributed by atoms with E-state index in [1.54, 1.807) is 7.11 Å².